The van der Waals surface area contributed by atoms with Gasteiger partial charge in [-0.1, -0.05) is 0 Å². The molecular weight excluding hydrogens is 450 g/mol. The standard InChI is InChI=1S/C23H25F4N7/c1-12-8-33(9-13(2)28-12)16-6-17(23(25,26)27)20-19(7-16)32(4)31-21(20)30-15-5-18(24)22-29-14(3)10-34(22)11-15/h5-7,10-13,28H,8-9H2,1-4H3,(H,30,31)/t12-,13-/m0/s1. The number of anilines is 3. The molecule has 3 aromatic heterocycles. The Balaban J connectivity index is 1.63. The van der Waals surface area contributed by atoms with Crippen molar-refractivity contribution in [2.75, 3.05) is 23.3 Å². The van der Waals surface area contributed by atoms with E-state index < -0.39 is 17.6 Å². The fourth-order valence-corrected chi connectivity index (χ4v) is 4.79. The molecule has 4 aromatic rings. The van der Waals surface area contributed by atoms with Gasteiger partial charge in [-0.25, -0.2) is 9.37 Å². The molecule has 1 fully saturated rings. The molecule has 5 rings (SSSR count). The molecule has 2 N–H and O–H groups in total. The summed E-state index contributed by atoms with van der Waals surface area (Å²) in [5.41, 5.74) is 1.10. The number of benzene rings is 1. The van der Waals surface area contributed by atoms with Gasteiger partial charge in [0.25, 0.3) is 0 Å². The summed E-state index contributed by atoms with van der Waals surface area (Å²) in [7, 11) is 1.60. The van der Waals surface area contributed by atoms with Crippen LogP contribution >= 0.6 is 0 Å². The molecule has 0 bridgehead atoms. The van der Waals surface area contributed by atoms with Crippen LogP contribution in [0.3, 0.4) is 0 Å². The van der Waals surface area contributed by atoms with E-state index in [1.54, 1.807) is 32.4 Å². The minimum Gasteiger partial charge on any atom is -0.368 e. The van der Waals surface area contributed by atoms with E-state index in [9.17, 15) is 17.6 Å². The summed E-state index contributed by atoms with van der Waals surface area (Å²) in [6.07, 6.45) is -1.39. The van der Waals surface area contributed by atoms with Crippen LogP contribution in [0.15, 0.2) is 30.6 Å². The Hall–Kier alpha value is -3.34. The number of imidazole rings is 1. The van der Waals surface area contributed by atoms with E-state index in [0.29, 0.717) is 30.0 Å². The first-order chi connectivity index (χ1) is 16.0. The van der Waals surface area contributed by atoms with Crippen molar-refractivity contribution in [3.8, 4) is 0 Å². The largest absolute Gasteiger partial charge is 0.417 e. The van der Waals surface area contributed by atoms with Crippen molar-refractivity contribution in [2.45, 2.75) is 39.0 Å². The van der Waals surface area contributed by atoms with E-state index in [1.165, 1.54) is 21.2 Å². The van der Waals surface area contributed by atoms with Gasteiger partial charge in [-0.3, -0.25) is 4.68 Å². The van der Waals surface area contributed by atoms with Crippen LogP contribution in [0.4, 0.5) is 34.8 Å². The Labute approximate surface area is 193 Å². The van der Waals surface area contributed by atoms with Crippen LogP contribution in [0.5, 0.6) is 0 Å². The summed E-state index contributed by atoms with van der Waals surface area (Å²) in [4.78, 5) is 6.07. The van der Waals surface area contributed by atoms with Gasteiger partial charge >= 0.3 is 6.18 Å². The highest BCUT2D eigenvalue weighted by atomic mass is 19.4. The number of nitrogens with zero attached hydrogens (tertiary/aromatic N) is 5. The van der Waals surface area contributed by atoms with Gasteiger partial charge < -0.3 is 19.9 Å². The second-order valence-electron chi connectivity index (χ2n) is 9.05. The summed E-state index contributed by atoms with van der Waals surface area (Å²) in [6.45, 7) is 6.95. The SMILES string of the molecule is Cc1cn2cc(Nc3nn(C)c4cc(N5C[C@H](C)N[C@@H](C)C5)cc(C(F)(F)F)c34)cc(F)c2n1. The zero-order valence-corrected chi connectivity index (χ0v) is 19.2. The zero-order valence-electron chi connectivity index (χ0n) is 19.2. The number of aromatic nitrogens is 4. The molecule has 0 unspecified atom stereocenters. The Morgan fingerprint density at radius 3 is 2.47 bits per heavy atom. The lowest BCUT2D eigenvalue weighted by Crippen LogP contribution is -2.54. The van der Waals surface area contributed by atoms with Gasteiger partial charge in [0.15, 0.2) is 17.3 Å². The van der Waals surface area contributed by atoms with E-state index in [-0.39, 0.29) is 34.6 Å². The number of hydrogen-bond donors (Lipinski definition) is 2. The molecule has 1 saturated heterocycles. The Kier molecular flexibility index (Phi) is 5.19. The normalized spacial score (nSPS) is 19.4. The third kappa shape index (κ3) is 3.93. The van der Waals surface area contributed by atoms with E-state index in [1.807, 2.05) is 18.7 Å². The molecule has 1 aromatic carbocycles. The molecule has 1 aliphatic rings. The first kappa shape index (κ1) is 22.5. The third-order valence-corrected chi connectivity index (χ3v) is 6.06. The molecule has 11 heteroatoms. The van der Waals surface area contributed by atoms with E-state index >= 15 is 0 Å². The van der Waals surface area contributed by atoms with Gasteiger partial charge in [-0.15, -0.1) is 0 Å². The van der Waals surface area contributed by atoms with Crippen molar-refractivity contribution in [2.24, 2.45) is 7.05 Å². The maximum atomic E-state index is 14.5. The van der Waals surface area contributed by atoms with Gasteiger partial charge in [-0.2, -0.15) is 18.3 Å². The van der Waals surface area contributed by atoms with Crippen LogP contribution in [0.1, 0.15) is 25.1 Å². The smallest absolute Gasteiger partial charge is 0.368 e. The fourth-order valence-electron chi connectivity index (χ4n) is 4.79. The maximum Gasteiger partial charge on any atom is 0.417 e. The predicted octanol–water partition coefficient (Wildman–Crippen LogP) is 4.62. The third-order valence-electron chi connectivity index (χ3n) is 6.06. The van der Waals surface area contributed by atoms with Crippen molar-refractivity contribution in [1.29, 1.82) is 0 Å². The number of nitrogens with one attached hydrogen (secondary N) is 2. The summed E-state index contributed by atoms with van der Waals surface area (Å²) >= 11 is 0. The quantitative estimate of drug-likeness (QED) is 0.424. The molecule has 0 spiro atoms. The number of hydrogen-bond acceptors (Lipinski definition) is 5. The molecule has 0 amide bonds. The second-order valence-corrected chi connectivity index (χ2v) is 9.05. The van der Waals surface area contributed by atoms with Crippen LogP contribution in [-0.4, -0.2) is 44.3 Å². The van der Waals surface area contributed by atoms with Gasteiger partial charge in [0.05, 0.1) is 27.8 Å². The molecule has 0 radical (unpaired) electrons. The lowest BCUT2D eigenvalue weighted by molar-refractivity contribution is -0.136. The Bertz CT molecular complexity index is 1380. The topological polar surface area (TPSA) is 62.4 Å². The Morgan fingerprint density at radius 2 is 1.79 bits per heavy atom. The van der Waals surface area contributed by atoms with Crippen LogP contribution in [0.2, 0.25) is 0 Å². The second kappa shape index (κ2) is 7.86. The highest BCUT2D eigenvalue weighted by molar-refractivity contribution is 5.97. The maximum absolute atomic E-state index is 14.5. The summed E-state index contributed by atoms with van der Waals surface area (Å²) < 4.78 is 60.2. The molecule has 2 atom stereocenters. The molecular formula is C23H25F4N7. The minimum atomic E-state index is -4.60. The van der Waals surface area contributed by atoms with Crippen LogP contribution in [0, 0.1) is 12.7 Å². The zero-order chi connectivity index (χ0) is 24.4. The monoisotopic (exact) mass is 475 g/mol. The highest BCUT2D eigenvalue weighted by Crippen LogP contribution is 2.41. The number of alkyl halides is 3. The molecule has 7 nitrogen and oxygen atoms in total. The molecule has 0 saturated carbocycles. The van der Waals surface area contributed by atoms with Gasteiger partial charge in [0.2, 0.25) is 0 Å². The average Bonchev–Trinajstić information content (AvgIpc) is 3.25. The van der Waals surface area contributed by atoms with E-state index in [0.717, 1.165) is 0 Å². The summed E-state index contributed by atoms with van der Waals surface area (Å²) in [5.74, 6) is -0.576. The van der Waals surface area contributed by atoms with E-state index in [4.69, 9.17) is 0 Å². The average molecular weight is 475 g/mol. The molecule has 34 heavy (non-hydrogen) atoms. The minimum absolute atomic E-state index is 0.00834. The molecule has 4 heterocycles. The lowest BCUT2D eigenvalue weighted by Gasteiger charge is -2.38. The van der Waals surface area contributed by atoms with Crippen molar-refractivity contribution in [3.05, 3.63) is 47.7 Å². The van der Waals surface area contributed by atoms with Gasteiger partial charge in [0, 0.05) is 56.4 Å². The first-order valence-corrected chi connectivity index (χ1v) is 11.0. The van der Waals surface area contributed by atoms with Gasteiger partial charge in [0.1, 0.15) is 0 Å². The first-order valence-electron chi connectivity index (χ1n) is 11.0. The summed E-state index contributed by atoms with van der Waals surface area (Å²) in [6, 6.07) is 4.41. The van der Waals surface area contributed by atoms with Crippen LogP contribution in [0.25, 0.3) is 16.6 Å². The number of fused-ring (bicyclic) bond motifs is 2. The van der Waals surface area contributed by atoms with Crippen molar-refractivity contribution in [3.63, 3.8) is 0 Å². The number of halogens is 4. The number of pyridine rings is 1. The predicted molar refractivity (Wildman–Crippen MR) is 123 cm³/mol. The molecule has 1 aliphatic heterocycles. The number of piperazine rings is 1. The van der Waals surface area contributed by atoms with Crippen LogP contribution in [-0.2, 0) is 13.2 Å². The van der Waals surface area contributed by atoms with Crippen molar-refractivity contribution in [1.82, 2.24) is 24.5 Å². The molecule has 180 valence electrons. The highest BCUT2D eigenvalue weighted by Gasteiger charge is 2.36. The number of aryl methyl sites for hydroxylation is 2. The fraction of sp³-hybridized carbons (Fsp3) is 0.391. The van der Waals surface area contributed by atoms with Crippen molar-refractivity contribution < 1.29 is 17.6 Å². The van der Waals surface area contributed by atoms with E-state index in [2.05, 4.69) is 20.7 Å². The van der Waals surface area contributed by atoms with Crippen molar-refractivity contribution >= 4 is 33.7 Å². The number of rotatable bonds is 3. The lowest BCUT2D eigenvalue weighted by atomic mass is 10.0. The molecule has 0 aliphatic carbocycles. The van der Waals surface area contributed by atoms with Gasteiger partial charge in [-0.05, 0) is 32.9 Å². The van der Waals surface area contributed by atoms with Crippen LogP contribution < -0.4 is 15.5 Å². The Morgan fingerprint density at radius 1 is 1.09 bits per heavy atom. The summed E-state index contributed by atoms with van der Waals surface area (Å²) in [5, 5.41) is 10.5.